The zero-order valence-electron chi connectivity index (χ0n) is 10.6. The fraction of sp³-hybridized carbons (Fsp3) is 0.538. The minimum absolute atomic E-state index is 0.0754. The molecule has 2 rings (SSSR count). The van der Waals surface area contributed by atoms with Crippen LogP contribution in [0.1, 0.15) is 37.2 Å². The molecule has 0 saturated carbocycles. The summed E-state index contributed by atoms with van der Waals surface area (Å²) in [6.45, 7) is 4.62. The van der Waals surface area contributed by atoms with Gasteiger partial charge in [-0.25, -0.2) is 4.98 Å². The molecular formula is C13H17ClN2O2. The first-order valence-electron chi connectivity index (χ1n) is 6.04. The molecule has 1 aromatic heterocycles. The van der Waals surface area contributed by atoms with Gasteiger partial charge in [0.2, 0.25) is 0 Å². The Balaban J connectivity index is 1.88. The van der Waals surface area contributed by atoms with Crippen molar-refractivity contribution in [2.45, 2.75) is 38.4 Å². The predicted octanol–water partition coefficient (Wildman–Crippen LogP) is 2.42. The Morgan fingerprint density at radius 3 is 3.06 bits per heavy atom. The van der Waals surface area contributed by atoms with Crippen LogP contribution in [-0.2, 0) is 4.74 Å². The van der Waals surface area contributed by atoms with Crippen molar-refractivity contribution in [3.8, 4) is 0 Å². The fourth-order valence-electron chi connectivity index (χ4n) is 2.06. The Labute approximate surface area is 112 Å². The van der Waals surface area contributed by atoms with Gasteiger partial charge in [0.1, 0.15) is 5.69 Å². The Bertz CT molecular complexity index is 448. The summed E-state index contributed by atoms with van der Waals surface area (Å²) in [6.07, 6.45) is 3.60. The van der Waals surface area contributed by atoms with E-state index in [1.165, 1.54) is 0 Å². The topological polar surface area (TPSA) is 51.2 Å². The monoisotopic (exact) mass is 268 g/mol. The number of nitrogens with zero attached hydrogens (tertiary/aromatic N) is 1. The van der Waals surface area contributed by atoms with Crippen molar-refractivity contribution in [3.63, 3.8) is 0 Å². The van der Waals surface area contributed by atoms with Gasteiger partial charge in [-0.1, -0.05) is 11.6 Å². The molecule has 0 aliphatic carbocycles. The van der Waals surface area contributed by atoms with Crippen LogP contribution in [0.3, 0.4) is 0 Å². The number of nitrogens with one attached hydrogen (secondary N) is 1. The Morgan fingerprint density at radius 1 is 1.67 bits per heavy atom. The van der Waals surface area contributed by atoms with Crippen molar-refractivity contribution >= 4 is 17.5 Å². The van der Waals surface area contributed by atoms with E-state index in [-0.39, 0.29) is 23.3 Å². The molecule has 18 heavy (non-hydrogen) atoms. The van der Waals surface area contributed by atoms with Gasteiger partial charge in [0, 0.05) is 12.7 Å². The summed E-state index contributed by atoms with van der Waals surface area (Å²) in [5.41, 5.74) is 0.175. The molecular weight excluding hydrogens is 252 g/mol. The van der Waals surface area contributed by atoms with Crippen LogP contribution in [0.4, 0.5) is 0 Å². The van der Waals surface area contributed by atoms with Gasteiger partial charge in [-0.2, -0.15) is 0 Å². The molecule has 1 aromatic rings. The van der Waals surface area contributed by atoms with Crippen LogP contribution in [0.25, 0.3) is 0 Å². The molecule has 1 aliphatic rings. The number of carbonyl (C=O) groups is 1. The lowest BCUT2D eigenvalue weighted by atomic mass is 10.1. The van der Waals surface area contributed by atoms with Crippen LogP contribution < -0.4 is 5.32 Å². The quantitative estimate of drug-likeness (QED) is 0.916. The van der Waals surface area contributed by atoms with Crippen molar-refractivity contribution in [2.75, 3.05) is 6.54 Å². The van der Waals surface area contributed by atoms with E-state index in [2.05, 4.69) is 24.1 Å². The number of halogens is 1. The molecule has 0 bridgehead atoms. The molecule has 1 N–H and O–H groups in total. The standard InChI is InChI=1S/C13H17ClN2O2/c1-13(2)6-5-9(18-13)8-16-12(17)11-10(14)4-3-7-15-11/h3-4,7,9H,5-6,8H2,1-2H3,(H,16,17). The van der Waals surface area contributed by atoms with Gasteiger partial charge in [0.25, 0.3) is 5.91 Å². The third-order valence-corrected chi connectivity index (χ3v) is 3.32. The Morgan fingerprint density at radius 2 is 2.44 bits per heavy atom. The largest absolute Gasteiger partial charge is 0.371 e. The summed E-state index contributed by atoms with van der Waals surface area (Å²) in [5.74, 6) is -0.256. The number of ether oxygens (including phenoxy) is 1. The number of rotatable bonds is 3. The smallest absolute Gasteiger partial charge is 0.271 e. The zero-order valence-corrected chi connectivity index (χ0v) is 11.3. The molecule has 1 aliphatic heterocycles. The molecule has 2 heterocycles. The molecule has 4 nitrogen and oxygen atoms in total. The number of hydrogen-bond donors (Lipinski definition) is 1. The molecule has 1 unspecified atom stereocenters. The second-order valence-corrected chi connectivity index (χ2v) is 5.49. The van der Waals surface area contributed by atoms with Crippen LogP contribution in [0.2, 0.25) is 5.02 Å². The maximum Gasteiger partial charge on any atom is 0.271 e. The Hall–Kier alpha value is -1.13. The van der Waals surface area contributed by atoms with E-state index in [1.54, 1.807) is 18.3 Å². The number of amides is 1. The van der Waals surface area contributed by atoms with Gasteiger partial charge < -0.3 is 10.1 Å². The van der Waals surface area contributed by atoms with E-state index in [0.29, 0.717) is 11.6 Å². The maximum atomic E-state index is 11.9. The predicted molar refractivity (Wildman–Crippen MR) is 69.8 cm³/mol. The number of hydrogen-bond acceptors (Lipinski definition) is 3. The molecule has 1 saturated heterocycles. The van der Waals surface area contributed by atoms with Gasteiger partial charge in [-0.3, -0.25) is 4.79 Å². The average Bonchev–Trinajstić information content (AvgIpc) is 2.66. The van der Waals surface area contributed by atoms with E-state index in [4.69, 9.17) is 16.3 Å². The van der Waals surface area contributed by atoms with Crippen LogP contribution in [0.5, 0.6) is 0 Å². The molecule has 1 amide bonds. The van der Waals surface area contributed by atoms with E-state index in [0.717, 1.165) is 12.8 Å². The summed E-state index contributed by atoms with van der Waals surface area (Å²) in [7, 11) is 0. The molecule has 0 spiro atoms. The highest BCUT2D eigenvalue weighted by atomic mass is 35.5. The van der Waals surface area contributed by atoms with E-state index < -0.39 is 0 Å². The van der Waals surface area contributed by atoms with Crippen LogP contribution >= 0.6 is 11.6 Å². The molecule has 1 fully saturated rings. The van der Waals surface area contributed by atoms with E-state index in [9.17, 15) is 4.79 Å². The number of aromatic nitrogens is 1. The van der Waals surface area contributed by atoms with Crippen molar-refractivity contribution in [1.82, 2.24) is 10.3 Å². The van der Waals surface area contributed by atoms with Crippen LogP contribution in [0, 0.1) is 0 Å². The zero-order chi connectivity index (χ0) is 13.2. The highest BCUT2D eigenvalue weighted by Gasteiger charge is 2.31. The summed E-state index contributed by atoms with van der Waals surface area (Å²) >= 11 is 5.91. The third kappa shape index (κ3) is 3.21. The van der Waals surface area contributed by atoms with Crippen LogP contribution in [-0.4, -0.2) is 29.1 Å². The number of carbonyl (C=O) groups excluding carboxylic acids is 1. The molecule has 5 heteroatoms. The SMILES string of the molecule is CC1(C)CCC(CNC(=O)c2ncccc2Cl)O1. The lowest BCUT2D eigenvalue weighted by Gasteiger charge is -2.19. The molecule has 0 radical (unpaired) electrons. The van der Waals surface area contributed by atoms with Crippen molar-refractivity contribution in [2.24, 2.45) is 0 Å². The van der Waals surface area contributed by atoms with E-state index in [1.807, 2.05) is 0 Å². The minimum atomic E-state index is -0.256. The first-order chi connectivity index (χ1) is 8.48. The minimum Gasteiger partial charge on any atom is -0.371 e. The summed E-state index contributed by atoms with van der Waals surface area (Å²) < 4.78 is 5.80. The summed E-state index contributed by atoms with van der Waals surface area (Å²) in [4.78, 5) is 15.8. The van der Waals surface area contributed by atoms with Gasteiger partial charge in [0.05, 0.1) is 16.7 Å². The van der Waals surface area contributed by atoms with Gasteiger partial charge in [0.15, 0.2) is 0 Å². The molecule has 0 aromatic carbocycles. The van der Waals surface area contributed by atoms with Crippen molar-refractivity contribution in [1.29, 1.82) is 0 Å². The molecule has 98 valence electrons. The highest BCUT2D eigenvalue weighted by Crippen LogP contribution is 2.28. The lowest BCUT2D eigenvalue weighted by molar-refractivity contribution is -0.0138. The second kappa shape index (κ2) is 5.24. The average molecular weight is 269 g/mol. The van der Waals surface area contributed by atoms with Crippen LogP contribution in [0.15, 0.2) is 18.3 Å². The fourth-order valence-corrected chi connectivity index (χ4v) is 2.27. The Kier molecular flexibility index (Phi) is 3.88. The highest BCUT2D eigenvalue weighted by molar-refractivity contribution is 6.33. The first-order valence-corrected chi connectivity index (χ1v) is 6.42. The third-order valence-electron chi connectivity index (χ3n) is 3.02. The van der Waals surface area contributed by atoms with Gasteiger partial charge >= 0.3 is 0 Å². The normalized spacial score (nSPS) is 21.8. The lowest BCUT2D eigenvalue weighted by Crippen LogP contribution is -2.34. The number of pyridine rings is 1. The van der Waals surface area contributed by atoms with Gasteiger partial charge in [-0.05, 0) is 38.8 Å². The molecule has 1 atom stereocenters. The summed E-state index contributed by atoms with van der Waals surface area (Å²) in [5, 5.41) is 3.17. The second-order valence-electron chi connectivity index (χ2n) is 5.08. The first kappa shape index (κ1) is 13.3. The van der Waals surface area contributed by atoms with Crippen molar-refractivity contribution < 1.29 is 9.53 Å². The van der Waals surface area contributed by atoms with Crippen molar-refractivity contribution in [3.05, 3.63) is 29.0 Å². The maximum absolute atomic E-state index is 11.9. The summed E-state index contributed by atoms with van der Waals surface area (Å²) in [6, 6.07) is 3.35. The van der Waals surface area contributed by atoms with E-state index >= 15 is 0 Å². The van der Waals surface area contributed by atoms with Gasteiger partial charge in [-0.15, -0.1) is 0 Å².